The molecule has 0 unspecified atom stereocenters. The van der Waals surface area contributed by atoms with Crippen molar-refractivity contribution in [3.63, 3.8) is 0 Å². The molecule has 0 bridgehead atoms. The van der Waals surface area contributed by atoms with Crippen molar-refractivity contribution in [3.05, 3.63) is 151 Å². The first-order valence-corrected chi connectivity index (χ1v) is 13.2. The summed E-state index contributed by atoms with van der Waals surface area (Å²) >= 11 is 0. The Hall–Kier alpha value is -4.88. The van der Waals surface area contributed by atoms with E-state index in [4.69, 9.17) is 0 Å². The van der Waals surface area contributed by atoms with Crippen LogP contribution in [-0.4, -0.2) is 4.57 Å². The minimum atomic E-state index is 0.994. The number of aromatic nitrogens is 1. The maximum atomic E-state index is 2.43. The lowest BCUT2D eigenvalue weighted by Gasteiger charge is -2.11. The molecular formula is C37H25N. The summed E-state index contributed by atoms with van der Waals surface area (Å²) in [6, 6.07) is 50.9. The van der Waals surface area contributed by atoms with Crippen molar-refractivity contribution in [2.24, 2.45) is 0 Å². The quantitative estimate of drug-likeness (QED) is 0.236. The van der Waals surface area contributed by atoms with Crippen LogP contribution in [0, 0.1) is 0 Å². The van der Waals surface area contributed by atoms with Gasteiger partial charge in [-0.2, -0.15) is 0 Å². The van der Waals surface area contributed by atoms with Gasteiger partial charge in [-0.1, -0.05) is 103 Å². The van der Waals surface area contributed by atoms with E-state index in [0.29, 0.717) is 0 Å². The molecule has 0 atom stereocenters. The summed E-state index contributed by atoms with van der Waals surface area (Å²) in [6.07, 6.45) is 0.994. The fraction of sp³-hybridized carbons (Fsp3) is 0.0270. The second kappa shape index (κ2) is 8.33. The smallest absolute Gasteiger partial charge is 0.0541 e. The molecule has 1 aliphatic rings. The molecule has 1 aromatic heterocycles. The van der Waals surface area contributed by atoms with E-state index < -0.39 is 0 Å². The van der Waals surface area contributed by atoms with Crippen molar-refractivity contribution >= 4 is 21.8 Å². The maximum absolute atomic E-state index is 2.43. The molecule has 178 valence electrons. The van der Waals surface area contributed by atoms with Gasteiger partial charge in [-0.25, -0.2) is 0 Å². The Balaban J connectivity index is 1.31. The van der Waals surface area contributed by atoms with Gasteiger partial charge in [0.2, 0.25) is 0 Å². The van der Waals surface area contributed by atoms with Gasteiger partial charge >= 0.3 is 0 Å². The van der Waals surface area contributed by atoms with E-state index in [1.165, 1.54) is 72.0 Å². The van der Waals surface area contributed by atoms with E-state index in [-0.39, 0.29) is 0 Å². The summed E-state index contributed by atoms with van der Waals surface area (Å²) in [6.45, 7) is 0. The monoisotopic (exact) mass is 483 g/mol. The first-order chi connectivity index (χ1) is 18.8. The van der Waals surface area contributed by atoms with Crippen LogP contribution in [0.25, 0.3) is 60.9 Å². The van der Waals surface area contributed by atoms with Gasteiger partial charge in [0.15, 0.2) is 0 Å². The van der Waals surface area contributed by atoms with Crippen molar-refractivity contribution < 1.29 is 0 Å². The van der Waals surface area contributed by atoms with Gasteiger partial charge in [-0.15, -0.1) is 0 Å². The van der Waals surface area contributed by atoms with Crippen LogP contribution in [-0.2, 0) is 6.42 Å². The lowest BCUT2D eigenvalue weighted by molar-refractivity contribution is 1.17. The fourth-order valence-electron chi connectivity index (χ4n) is 6.17. The second-order valence-corrected chi connectivity index (χ2v) is 10.2. The molecule has 0 spiro atoms. The first kappa shape index (κ1) is 21.2. The molecule has 0 amide bonds. The van der Waals surface area contributed by atoms with Gasteiger partial charge in [0, 0.05) is 16.5 Å². The standard InChI is InChI=1S/C37H25N/c1-3-9-25(10-4-1)27-15-16-29-21-30-17-19-31(24-34(30)33(29)22-27)38-36-14-8-7-13-32(36)35-23-28(18-20-37(35)38)26-11-5-2-6-12-26/h1-20,22-24H,21H2. The average Bonchev–Trinajstić information content (AvgIpc) is 3.52. The van der Waals surface area contributed by atoms with Crippen LogP contribution in [0.1, 0.15) is 11.1 Å². The van der Waals surface area contributed by atoms with E-state index in [1.54, 1.807) is 0 Å². The Labute approximate surface area is 222 Å². The van der Waals surface area contributed by atoms with E-state index in [2.05, 4.69) is 144 Å². The molecule has 0 saturated carbocycles. The number of hydrogen-bond donors (Lipinski definition) is 0. The van der Waals surface area contributed by atoms with Gasteiger partial charge in [0.25, 0.3) is 0 Å². The number of para-hydroxylation sites is 1. The van der Waals surface area contributed by atoms with Crippen molar-refractivity contribution in [1.82, 2.24) is 4.57 Å². The topological polar surface area (TPSA) is 4.93 Å². The molecule has 0 fully saturated rings. The lowest BCUT2D eigenvalue weighted by atomic mass is 9.98. The summed E-state index contributed by atoms with van der Waals surface area (Å²) in [7, 11) is 0. The molecule has 1 aliphatic carbocycles. The lowest BCUT2D eigenvalue weighted by Crippen LogP contribution is -1.95. The van der Waals surface area contributed by atoms with Gasteiger partial charge in [-0.3, -0.25) is 0 Å². The molecule has 1 heterocycles. The van der Waals surface area contributed by atoms with Gasteiger partial charge < -0.3 is 4.57 Å². The van der Waals surface area contributed by atoms with Gasteiger partial charge in [0.1, 0.15) is 0 Å². The second-order valence-electron chi connectivity index (χ2n) is 10.2. The zero-order valence-electron chi connectivity index (χ0n) is 20.9. The van der Waals surface area contributed by atoms with Gasteiger partial charge in [0.05, 0.1) is 11.0 Å². The van der Waals surface area contributed by atoms with Crippen LogP contribution in [0.2, 0.25) is 0 Å². The normalized spacial score (nSPS) is 12.1. The Morgan fingerprint density at radius 3 is 1.74 bits per heavy atom. The SMILES string of the molecule is c1ccc(-c2ccc3c(c2)-c2cc(-n4c5ccccc5c5cc(-c6ccccc6)ccc54)ccc2C3)cc1. The highest BCUT2D eigenvalue weighted by atomic mass is 15.0. The Morgan fingerprint density at radius 1 is 0.395 bits per heavy atom. The van der Waals surface area contributed by atoms with Crippen molar-refractivity contribution in [2.45, 2.75) is 6.42 Å². The fourth-order valence-corrected chi connectivity index (χ4v) is 6.17. The predicted molar refractivity (Wildman–Crippen MR) is 160 cm³/mol. The molecule has 38 heavy (non-hydrogen) atoms. The minimum absolute atomic E-state index is 0.994. The summed E-state index contributed by atoms with van der Waals surface area (Å²) in [5.74, 6) is 0. The van der Waals surface area contributed by atoms with Crippen LogP contribution in [0.5, 0.6) is 0 Å². The third-order valence-corrected chi connectivity index (χ3v) is 8.02. The summed E-state index contributed by atoms with van der Waals surface area (Å²) < 4.78 is 2.43. The van der Waals surface area contributed by atoms with E-state index in [0.717, 1.165) is 6.42 Å². The zero-order valence-corrected chi connectivity index (χ0v) is 20.9. The number of rotatable bonds is 3. The highest BCUT2D eigenvalue weighted by molar-refractivity contribution is 6.10. The number of nitrogens with zero attached hydrogens (tertiary/aromatic N) is 1. The van der Waals surface area contributed by atoms with E-state index in [9.17, 15) is 0 Å². The van der Waals surface area contributed by atoms with Crippen molar-refractivity contribution in [3.8, 4) is 39.1 Å². The first-order valence-electron chi connectivity index (χ1n) is 13.2. The number of fused-ring (bicyclic) bond motifs is 6. The Morgan fingerprint density at radius 2 is 0.974 bits per heavy atom. The van der Waals surface area contributed by atoms with Gasteiger partial charge in [-0.05, 0) is 87.3 Å². The third-order valence-electron chi connectivity index (χ3n) is 8.02. The zero-order chi connectivity index (χ0) is 25.1. The molecule has 0 aliphatic heterocycles. The molecule has 6 aromatic carbocycles. The molecular weight excluding hydrogens is 458 g/mol. The largest absolute Gasteiger partial charge is 0.309 e. The highest BCUT2D eigenvalue weighted by Crippen LogP contribution is 2.41. The van der Waals surface area contributed by atoms with E-state index >= 15 is 0 Å². The summed E-state index contributed by atoms with van der Waals surface area (Å²) in [5, 5.41) is 2.57. The number of hydrogen-bond acceptors (Lipinski definition) is 0. The Kier molecular flexibility index (Phi) is 4.65. The number of benzene rings is 6. The Bertz CT molecular complexity index is 1980. The molecule has 0 N–H and O–H groups in total. The van der Waals surface area contributed by atoms with E-state index in [1.807, 2.05) is 0 Å². The van der Waals surface area contributed by atoms with Crippen LogP contribution in [0.3, 0.4) is 0 Å². The van der Waals surface area contributed by atoms with Crippen LogP contribution in [0.15, 0.2) is 140 Å². The predicted octanol–water partition coefficient (Wildman–Crippen LogP) is 9.69. The molecule has 1 nitrogen and oxygen atoms in total. The minimum Gasteiger partial charge on any atom is -0.309 e. The molecule has 1 heteroatoms. The average molecular weight is 484 g/mol. The van der Waals surface area contributed by atoms with Crippen LogP contribution >= 0.6 is 0 Å². The van der Waals surface area contributed by atoms with Crippen molar-refractivity contribution in [2.75, 3.05) is 0 Å². The van der Waals surface area contributed by atoms with Crippen LogP contribution in [0.4, 0.5) is 0 Å². The maximum Gasteiger partial charge on any atom is 0.0541 e. The van der Waals surface area contributed by atoms with Crippen LogP contribution < -0.4 is 0 Å². The third kappa shape index (κ3) is 3.26. The highest BCUT2D eigenvalue weighted by Gasteiger charge is 2.21. The molecule has 0 radical (unpaired) electrons. The summed E-state index contributed by atoms with van der Waals surface area (Å²) in [4.78, 5) is 0. The van der Waals surface area contributed by atoms with Crippen molar-refractivity contribution in [1.29, 1.82) is 0 Å². The molecule has 0 saturated heterocycles. The molecule has 7 aromatic rings. The molecule has 8 rings (SSSR count). The summed E-state index contributed by atoms with van der Waals surface area (Å²) in [5.41, 5.74) is 14.2.